The van der Waals surface area contributed by atoms with Crippen LogP contribution in [0, 0.1) is 0 Å². The minimum Gasteiger partial charge on any atom is -0.347 e. The Bertz CT molecular complexity index is 472. The lowest BCUT2D eigenvalue weighted by atomic mass is 10.0. The first-order valence-electron chi connectivity index (χ1n) is 6.19. The molecule has 1 aromatic carbocycles. The number of nitrogens with one attached hydrogen (secondary N) is 2. The Hall–Kier alpha value is -1.61. The second kappa shape index (κ2) is 4.72. The maximum atomic E-state index is 4.01. The predicted molar refractivity (Wildman–Crippen MR) is 67.5 cm³/mol. The molecule has 0 spiro atoms. The van der Waals surface area contributed by atoms with Crippen LogP contribution in [0.3, 0.4) is 0 Å². The number of aromatic amines is 1. The van der Waals surface area contributed by atoms with Gasteiger partial charge in [0.15, 0.2) is 0 Å². The maximum Gasteiger partial charge on any atom is 0.0922 e. The van der Waals surface area contributed by atoms with Gasteiger partial charge in [-0.05, 0) is 29.9 Å². The number of hydrogen-bond donors (Lipinski definition) is 2. The van der Waals surface area contributed by atoms with Crippen LogP contribution in [-0.4, -0.2) is 9.97 Å². The third-order valence-electron chi connectivity index (χ3n) is 3.26. The Labute approximate surface area is 101 Å². The van der Waals surface area contributed by atoms with Gasteiger partial charge in [0.25, 0.3) is 0 Å². The normalized spacial score (nSPS) is 15.1. The Morgan fingerprint density at radius 1 is 1.24 bits per heavy atom. The zero-order valence-electron chi connectivity index (χ0n) is 9.82. The van der Waals surface area contributed by atoms with Gasteiger partial charge in [-0.3, -0.25) is 0 Å². The molecule has 3 nitrogen and oxygen atoms in total. The smallest absolute Gasteiger partial charge is 0.0922 e. The molecule has 1 saturated carbocycles. The molecule has 0 unspecified atom stereocenters. The zero-order chi connectivity index (χ0) is 11.5. The fourth-order valence-electron chi connectivity index (χ4n) is 2.20. The van der Waals surface area contributed by atoms with Crippen molar-refractivity contribution in [2.75, 3.05) is 0 Å². The van der Waals surface area contributed by atoms with Crippen LogP contribution < -0.4 is 5.32 Å². The third kappa shape index (κ3) is 2.56. The van der Waals surface area contributed by atoms with E-state index in [4.69, 9.17) is 0 Å². The molecule has 2 N–H and O–H groups in total. The fourth-order valence-corrected chi connectivity index (χ4v) is 2.20. The summed E-state index contributed by atoms with van der Waals surface area (Å²) in [5, 5.41) is 3.46. The number of nitrogens with zero attached hydrogens (tertiary/aromatic N) is 1. The van der Waals surface area contributed by atoms with Gasteiger partial charge in [-0.25, -0.2) is 4.98 Å². The van der Waals surface area contributed by atoms with Crippen LogP contribution in [0.4, 0.5) is 0 Å². The second-order valence-corrected chi connectivity index (χ2v) is 4.65. The van der Waals surface area contributed by atoms with Gasteiger partial charge in [-0.15, -0.1) is 0 Å². The van der Waals surface area contributed by atoms with Crippen LogP contribution >= 0.6 is 0 Å². The quantitative estimate of drug-likeness (QED) is 0.824. The number of H-pyrrole nitrogens is 1. The number of imidazole rings is 1. The van der Waals surface area contributed by atoms with Gasteiger partial charge in [0.1, 0.15) is 0 Å². The van der Waals surface area contributed by atoms with Crippen molar-refractivity contribution in [1.29, 1.82) is 0 Å². The lowest BCUT2D eigenvalue weighted by Gasteiger charge is -2.09. The molecule has 1 fully saturated rings. The Morgan fingerprint density at radius 2 is 2.12 bits per heavy atom. The topological polar surface area (TPSA) is 40.7 Å². The lowest BCUT2D eigenvalue weighted by Crippen LogP contribution is -2.14. The Balaban J connectivity index is 1.61. The van der Waals surface area contributed by atoms with Crippen molar-refractivity contribution in [1.82, 2.24) is 15.3 Å². The molecular weight excluding hydrogens is 210 g/mol. The van der Waals surface area contributed by atoms with E-state index in [-0.39, 0.29) is 0 Å². The van der Waals surface area contributed by atoms with Crippen LogP contribution in [0.2, 0.25) is 0 Å². The predicted octanol–water partition coefficient (Wildman–Crippen LogP) is 2.58. The summed E-state index contributed by atoms with van der Waals surface area (Å²) < 4.78 is 0. The summed E-state index contributed by atoms with van der Waals surface area (Å²) in [5.74, 6) is 0.820. The standard InChI is InChI=1S/C14H17N3/c1-2-4-14(11-5-6-11)12(3-1)7-15-8-13-9-16-10-17-13/h1-4,9-11,15H,5-8H2,(H,16,17). The molecule has 3 rings (SSSR count). The number of hydrogen-bond acceptors (Lipinski definition) is 2. The molecule has 17 heavy (non-hydrogen) atoms. The SMILES string of the molecule is c1ccc(C2CC2)c(CNCc2cnc[nH]2)c1. The van der Waals surface area contributed by atoms with Crippen LogP contribution in [-0.2, 0) is 13.1 Å². The highest BCUT2D eigenvalue weighted by atomic mass is 14.9. The molecule has 1 aromatic heterocycles. The first-order valence-corrected chi connectivity index (χ1v) is 6.19. The summed E-state index contributed by atoms with van der Waals surface area (Å²) in [5.41, 5.74) is 4.10. The first-order chi connectivity index (χ1) is 8.43. The van der Waals surface area contributed by atoms with E-state index in [1.807, 2.05) is 6.20 Å². The average molecular weight is 227 g/mol. The van der Waals surface area contributed by atoms with E-state index >= 15 is 0 Å². The molecule has 0 radical (unpaired) electrons. The summed E-state index contributed by atoms with van der Waals surface area (Å²) >= 11 is 0. The number of benzene rings is 1. The van der Waals surface area contributed by atoms with Crippen LogP contribution in [0.5, 0.6) is 0 Å². The second-order valence-electron chi connectivity index (χ2n) is 4.65. The highest BCUT2D eigenvalue weighted by Crippen LogP contribution is 2.41. The van der Waals surface area contributed by atoms with E-state index in [1.165, 1.54) is 24.0 Å². The molecule has 1 heterocycles. The van der Waals surface area contributed by atoms with Gasteiger partial charge in [0, 0.05) is 25.0 Å². The monoisotopic (exact) mass is 227 g/mol. The number of rotatable bonds is 5. The van der Waals surface area contributed by atoms with Crippen LogP contribution in [0.1, 0.15) is 35.6 Å². The van der Waals surface area contributed by atoms with Crippen molar-refractivity contribution in [2.24, 2.45) is 0 Å². The van der Waals surface area contributed by atoms with E-state index in [9.17, 15) is 0 Å². The molecule has 0 aliphatic heterocycles. The van der Waals surface area contributed by atoms with E-state index < -0.39 is 0 Å². The van der Waals surface area contributed by atoms with E-state index in [2.05, 4.69) is 39.6 Å². The van der Waals surface area contributed by atoms with Gasteiger partial charge < -0.3 is 10.3 Å². The van der Waals surface area contributed by atoms with Crippen LogP contribution in [0.15, 0.2) is 36.8 Å². The Kier molecular flexibility index (Phi) is 2.92. The van der Waals surface area contributed by atoms with E-state index in [0.29, 0.717) is 0 Å². The first kappa shape index (κ1) is 10.5. The molecule has 3 heteroatoms. The molecule has 0 amide bonds. The molecule has 0 bridgehead atoms. The summed E-state index contributed by atoms with van der Waals surface area (Å²) in [4.78, 5) is 7.11. The molecule has 1 aliphatic carbocycles. The minimum atomic E-state index is 0.820. The van der Waals surface area contributed by atoms with Crippen molar-refractivity contribution in [3.63, 3.8) is 0 Å². The summed E-state index contributed by atoms with van der Waals surface area (Å²) in [6.07, 6.45) is 6.30. The Morgan fingerprint density at radius 3 is 2.88 bits per heavy atom. The van der Waals surface area contributed by atoms with Gasteiger partial charge in [-0.2, -0.15) is 0 Å². The van der Waals surface area contributed by atoms with Gasteiger partial charge in [0.05, 0.1) is 6.33 Å². The molecule has 0 atom stereocenters. The largest absolute Gasteiger partial charge is 0.347 e. The minimum absolute atomic E-state index is 0.820. The fraction of sp³-hybridized carbons (Fsp3) is 0.357. The van der Waals surface area contributed by atoms with Crippen molar-refractivity contribution in [2.45, 2.75) is 31.8 Å². The van der Waals surface area contributed by atoms with Gasteiger partial charge in [0.2, 0.25) is 0 Å². The summed E-state index contributed by atoms with van der Waals surface area (Å²) in [7, 11) is 0. The van der Waals surface area contributed by atoms with Crippen molar-refractivity contribution >= 4 is 0 Å². The third-order valence-corrected chi connectivity index (χ3v) is 3.26. The van der Waals surface area contributed by atoms with Gasteiger partial charge >= 0.3 is 0 Å². The van der Waals surface area contributed by atoms with Crippen molar-refractivity contribution in [3.05, 3.63) is 53.6 Å². The van der Waals surface area contributed by atoms with Gasteiger partial charge in [-0.1, -0.05) is 24.3 Å². The van der Waals surface area contributed by atoms with Crippen molar-refractivity contribution < 1.29 is 0 Å². The molecule has 0 saturated heterocycles. The van der Waals surface area contributed by atoms with E-state index in [0.717, 1.165) is 24.7 Å². The summed E-state index contributed by atoms with van der Waals surface area (Å²) in [6, 6.07) is 8.77. The molecule has 2 aromatic rings. The molecule has 88 valence electrons. The highest BCUT2D eigenvalue weighted by molar-refractivity contribution is 5.33. The molecule has 1 aliphatic rings. The zero-order valence-corrected chi connectivity index (χ0v) is 9.82. The average Bonchev–Trinajstić information content (AvgIpc) is 3.08. The maximum absolute atomic E-state index is 4.01. The molecular formula is C14H17N3. The number of aromatic nitrogens is 2. The van der Waals surface area contributed by atoms with Crippen LogP contribution in [0.25, 0.3) is 0 Å². The van der Waals surface area contributed by atoms with E-state index in [1.54, 1.807) is 6.33 Å². The summed E-state index contributed by atoms with van der Waals surface area (Å²) in [6.45, 7) is 1.78. The van der Waals surface area contributed by atoms with Crippen molar-refractivity contribution in [3.8, 4) is 0 Å². The highest BCUT2D eigenvalue weighted by Gasteiger charge is 2.25. The lowest BCUT2D eigenvalue weighted by molar-refractivity contribution is 0.677.